The second kappa shape index (κ2) is 8.12. The average Bonchev–Trinajstić information content (AvgIpc) is 2.73. The molecule has 0 radical (unpaired) electrons. The summed E-state index contributed by atoms with van der Waals surface area (Å²) in [5.74, 6) is 0.0871. The van der Waals surface area contributed by atoms with E-state index < -0.39 is 0 Å². The number of nitrogens with one attached hydrogen (secondary N) is 1. The zero-order valence-electron chi connectivity index (χ0n) is 20.1. The first kappa shape index (κ1) is 22.1. The normalized spacial score (nSPS) is 16.5. The van der Waals surface area contributed by atoms with Gasteiger partial charge in [0.05, 0.1) is 17.1 Å². The molecule has 0 spiro atoms. The van der Waals surface area contributed by atoms with Gasteiger partial charge in [-0.05, 0) is 45.7 Å². The van der Waals surface area contributed by atoms with Crippen LogP contribution in [0.15, 0.2) is 72.8 Å². The number of amides is 1. The van der Waals surface area contributed by atoms with Gasteiger partial charge in [-0.3, -0.25) is 9.69 Å². The number of carbonyl (C=O) groups excluding carboxylic acids is 1. The van der Waals surface area contributed by atoms with Crippen LogP contribution in [0.25, 0.3) is 0 Å². The van der Waals surface area contributed by atoms with Crippen LogP contribution in [0.2, 0.25) is 0 Å². The maximum Gasteiger partial charge on any atom is 0.254 e. The highest BCUT2D eigenvalue weighted by Crippen LogP contribution is 2.43. The minimum atomic E-state index is -0.321. The molecule has 0 saturated carbocycles. The summed E-state index contributed by atoms with van der Waals surface area (Å²) in [5.41, 5.74) is 6.34. The molecule has 0 aromatic heterocycles. The predicted octanol–water partition coefficient (Wildman–Crippen LogP) is 6.98. The van der Waals surface area contributed by atoms with Gasteiger partial charge in [0, 0.05) is 6.42 Å². The van der Waals surface area contributed by atoms with Crippen LogP contribution in [0, 0.1) is 0 Å². The highest BCUT2D eigenvalue weighted by molar-refractivity contribution is 6.10. The first-order valence-electron chi connectivity index (χ1n) is 11.4. The molecule has 3 heteroatoms. The van der Waals surface area contributed by atoms with Crippen LogP contribution >= 0.6 is 0 Å². The second-order valence-electron chi connectivity index (χ2n) is 10.8. The number of para-hydroxylation sites is 2. The van der Waals surface area contributed by atoms with Crippen LogP contribution < -0.4 is 10.2 Å². The Labute approximate surface area is 192 Å². The van der Waals surface area contributed by atoms with E-state index in [9.17, 15) is 4.79 Å². The fraction of sp³-hybridized carbons (Fsp3) is 0.345. The Morgan fingerprint density at radius 3 is 2.09 bits per heavy atom. The smallest absolute Gasteiger partial charge is 0.254 e. The van der Waals surface area contributed by atoms with Gasteiger partial charge in [0.15, 0.2) is 0 Å². The lowest BCUT2D eigenvalue weighted by molar-refractivity contribution is -0.118. The van der Waals surface area contributed by atoms with E-state index in [-0.39, 0.29) is 22.8 Å². The third kappa shape index (κ3) is 4.29. The summed E-state index contributed by atoms with van der Waals surface area (Å²) in [6.45, 7) is 13.3. The standard InChI is InChI=1S/C29H34N2O/c1-28(2,3)21-16-17-22(29(4,5)6)26(19-21)31-25-15-11-10-14-23(25)30-24(27(31)32)18-20-12-8-7-9-13-20/h7-17,19,24,30H,18H2,1-6H3. The maximum absolute atomic E-state index is 14.0. The maximum atomic E-state index is 14.0. The lowest BCUT2D eigenvalue weighted by atomic mass is 9.80. The molecule has 3 nitrogen and oxygen atoms in total. The van der Waals surface area contributed by atoms with Crippen molar-refractivity contribution in [3.8, 4) is 0 Å². The van der Waals surface area contributed by atoms with Crippen molar-refractivity contribution in [2.24, 2.45) is 0 Å². The molecule has 0 bridgehead atoms. The van der Waals surface area contributed by atoms with Crippen LogP contribution in [0.1, 0.15) is 58.2 Å². The van der Waals surface area contributed by atoms with E-state index in [1.807, 2.05) is 41.3 Å². The molecule has 0 saturated heterocycles. The van der Waals surface area contributed by atoms with Gasteiger partial charge >= 0.3 is 0 Å². The Kier molecular flexibility index (Phi) is 5.62. The van der Waals surface area contributed by atoms with E-state index in [0.29, 0.717) is 6.42 Å². The van der Waals surface area contributed by atoms with Crippen molar-refractivity contribution in [1.82, 2.24) is 0 Å². The van der Waals surface area contributed by atoms with Crippen LogP contribution in [-0.4, -0.2) is 11.9 Å². The van der Waals surface area contributed by atoms with E-state index in [1.165, 1.54) is 11.1 Å². The lowest BCUT2D eigenvalue weighted by Gasteiger charge is -2.38. The summed E-state index contributed by atoms with van der Waals surface area (Å²) < 4.78 is 0. The van der Waals surface area contributed by atoms with Crippen LogP contribution in [0.4, 0.5) is 17.1 Å². The molecule has 1 aliphatic heterocycles. The van der Waals surface area contributed by atoms with Crippen molar-refractivity contribution in [2.45, 2.75) is 64.8 Å². The van der Waals surface area contributed by atoms with Crippen molar-refractivity contribution in [3.05, 3.63) is 89.5 Å². The van der Waals surface area contributed by atoms with Gasteiger partial charge in [0.1, 0.15) is 6.04 Å². The molecule has 1 atom stereocenters. The van der Waals surface area contributed by atoms with Crippen molar-refractivity contribution in [2.75, 3.05) is 10.2 Å². The average molecular weight is 427 g/mol. The van der Waals surface area contributed by atoms with Gasteiger partial charge in [-0.15, -0.1) is 0 Å². The van der Waals surface area contributed by atoms with Crippen molar-refractivity contribution in [3.63, 3.8) is 0 Å². The molecule has 3 aromatic carbocycles. The molecule has 0 aliphatic carbocycles. The number of benzene rings is 3. The molecular weight excluding hydrogens is 392 g/mol. The molecular formula is C29H34N2O. The zero-order valence-corrected chi connectivity index (χ0v) is 20.1. The fourth-order valence-electron chi connectivity index (χ4n) is 4.37. The molecule has 1 N–H and O–H groups in total. The molecule has 1 unspecified atom stereocenters. The second-order valence-corrected chi connectivity index (χ2v) is 10.8. The largest absolute Gasteiger partial charge is 0.372 e. The molecule has 1 aliphatic rings. The highest BCUT2D eigenvalue weighted by Gasteiger charge is 2.36. The van der Waals surface area contributed by atoms with E-state index >= 15 is 0 Å². The van der Waals surface area contributed by atoms with Crippen molar-refractivity contribution >= 4 is 23.0 Å². The summed E-state index contributed by atoms with van der Waals surface area (Å²) in [7, 11) is 0. The number of anilines is 3. The molecule has 1 amide bonds. The quantitative estimate of drug-likeness (QED) is 0.490. The lowest BCUT2D eigenvalue weighted by Crippen LogP contribution is -2.46. The topological polar surface area (TPSA) is 32.3 Å². The van der Waals surface area contributed by atoms with Gasteiger partial charge < -0.3 is 5.32 Å². The summed E-state index contributed by atoms with van der Waals surface area (Å²) in [6, 6.07) is 24.7. The van der Waals surface area contributed by atoms with Crippen LogP contribution in [-0.2, 0) is 22.0 Å². The highest BCUT2D eigenvalue weighted by atomic mass is 16.2. The first-order chi connectivity index (χ1) is 15.1. The van der Waals surface area contributed by atoms with E-state index in [4.69, 9.17) is 0 Å². The summed E-state index contributed by atoms with van der Waals surface area (Å²) in [5, 5.41) is 3.51. The van der Waals surface area contributed by atoms with Gasteiger partial charge in [0.25, 0.3) is 5.91 Å². The number of rotatable bonds is 3. The number of hydrogen-bond donors (Lipinski definition) is 1. The van der Waals surface area contributed by atoms with Gasteiger partial charge in [-0.25, -0.2) is 0 Å². The SMILES string of the molecule is CC(C)(C)c1ccc(C(C)(C)C)c(N2C(=O)C(Cc3ccccc3)Nc3ccccc32)c1. The minimum absolute atomic E-state index is 0.00872. The third-order valence-electron chi connectivity index (χ3n) is 6.19. The monoisotopic (exact) mass is 426 g/mol. The number of hydrogen-bond acceptors (Lipinski definition) is 2. The molecule has 3 aromatic rings. The Morgan fingerprint density at radius 1 is 0.781 bits per heavy atom. The van der Waals surface area contributed by atoms with Crippen molar-refractivity contribution in [1.29, 1.82) is 0 Å². The third-order valence-corrected chi connectivity index (χ3v) is 6.19. The Bertz CT molecular complexity index is 1120. The summed E-state index contributed by atoms with van der Waals surface area (Å²) in [4.78, 5) is 16.0. The Morgan fingerprint density at radius 2 is 1.44 bits per heavy atom. The minimum Gasteiger partial charge on any atom is -0.372 e. The van der Waals surface area contributed by atoms with E-state index in [2.05, 4.69) is 83.3 Å². The van der Waals surface area contributed by atoms with Gasteiger partial charge in [-0.1, -0.05) is 96.1 Å². The summed E-state index contributed by atoms with van der Waals surface area (Å²) >= 11 is 0. The molecule has 4 rings (SSSR count). The number of nitrogens with zero attached hydrogens (tertiary/aromatic N) is 1. The molecule has 32 heavy (non-hydrogen) atoms. The molecule has 166 valence electrons. The fourth-order valence-corrected chi connectivity index (χ4v) is 4.37. The Balaban J connectivity index is 1.88. The van der Waals surface area contributed by atoms with Gasteiger partial charge in [0.2, 0.25) is 0 Å². The number of carbonyl (C=O) groups is 1. The van der Waals surface area contributed by atoms with E-state index in [1.54, 1.807) is 0 Å². The summed E-state index contributed by atoms with van der Waals surface area (Å²) in [6.07, 6.45) is 0.647. The van der Waals surface area contributed by atoms with Crippen LogP contribution in [0.3, 0.4) is 0 Å². The predicted molar refractivity (Wildman–Crippen MR) is 135 cm³/mol. The van der Waals surface area contributed by atoms with Crippen LogP contribution in [0.5, 0.6) is 0 Å². The van der Waals surface area contributed by atoms with Gasteiger partial charge in [-0.2, -0.15) is 0 Å². The molecule has 1 heterocycles. The molecule has 0 fully saturated rings. The Hall–Kier alpha value is -3.07. The number of fused-ring (bicyclic) bond motifs is 1. The first-order valence-corrected chi connectivity index (χ1v) is 11.4. The van der Waals surface area contributed by atoms with Crippen molar-refractivity contribution < 1.29 is 4.79 Å². The van der Waals surface area contributed by atoms with E-state index in [0.717, 1.165) is 22.6 Å². The zero-order chi connectivity index (χ0) is 23.1.